The van der Waals surface area contributed by atoms with Crippen molar-refractivity contribution in [2.45, 2.75) is 27.2 Å². The third-order valence-electron chi connectivity index (χ3n) is 2.31. The number of hydrazone groups is 1. The van der Waals surface area contributed by atoms with Gasteiger partial charge in [-0.05, 0) is 31.9 Å². The van der Waals surface area contributed by atoms with E-state index in [-0.39, 0.29) is 0 Å². The summed E-state index contributed by atoms with van der Waals surface area (Å²) in [6, 6.07) is 7.86. The largest absolute Gasteiger partial charge is 0.461 e. The summed E-state index contributed by atoms with van der Waals surface area (Å²) >= 11 is 0. The van der Waals surface area contributed by atoms with Gasteiger partial charge < -0.3 is 4.74 Å². The Hall–Kier alpha value is -1.84. The molecule has 0 radical (unpaired) electrons. The minimum absolute atomic E-state index is 0.317. The van der Waals surface area contributed by atoms with Gasteiger partial charge in [0, 0.05) is 0 Å². The molecular formula is C13H18N2O2. The Labute approximate surface area is 102 Å². The van der Waals surface area contributed by atoms with Crippen molar-refractivity contribution in [1.29, 1.82) is 0 Å². The van der Waals surface area contributed by atoms with E-state index in [1.807, 2.05) is 24.3 Å². The summed E-state index contributed by atoms with van der Waals surface area (Å²) in [4.78, 5) is 11.3. The van der Waals surface area contributed by atoms with Gasteiger partial charge in [0.25, 0.3) is 0 Å². The van der Waals surface area contributed by atoms with Crippen LogP contribution < -0.4 is 5.43 Å². The molecule has 0 unspecified atom stereocenters. The van der Waals surface area contributed by atoms with Crippen LogP contribution in [0.5, 0.6) is 0 Å². The normalized spacial score (nSPS) is 11.1. The molecule has 0 aliphatic carbocycles. The van der Waals surface area contributed by atoms with Gasteiger partial charge in [-0.1, -0.05) is 25.1 Å². The van der Waals surface area contributed by atoms with Crippen molar-refractivity contribution < 1.29 is 9.53 Å². The smallest absolute Gasteiger partial charge is 0.354 e. The van der Waals surface area contributed by atoms with E-state index in [2.05, 4.69) is 17.5 Å². The fraction of sp³-hybridized carbons (Fsp3) is 0.385. The highest BCUT2D eigenvalue weighted by molar-refractivity contribution is 6.35. The summed E-state index contributed by atoms with van der Waals surface area (Å²) in [5.74, 6) is -0.394. The summed E-state index contributed by atoms with van der Waals surface area (Å²) in [6.07, 6.45) is 0.914. The summed E-state index contributed by atoms with van der Waals surface area (Å²) in [5, 5.41) is 4.01. The summed E-state index contributed by atoms with van der Waals surface area (Å²) in [5.41, 5.74) is 5.28. The third kappa shape index (κ3) is 3.90. The first-order valence-corrected chi connectivity index (χ1v) is 5.74. The molecule has 0 atom stereocenters. The number of hydrogen-bond acceptors (Lipinski definition) is 4. The Bertz CT molecular complexity index is 414. The van der Waals surface area contributed by atoms with Crippen LogP contribution in [0.3, 0.4) is 0 Å². The molecule has 4 nitrogen and oxygen atoms in total. The van der Waals surface area contributed by atoms with Crippen LogP contribution in [-0.4, -0.2) is 18.3 Å². The highest BCUT2D eigenvalue weighted by atomic mass is 16.5. The molecule has 1 aromatic carbocycles. The van der Waals surface area contributed by atoms with E-state index in [0.29, 0.717) is 12.3 Å². The van der Waals surface area contributed by atoms with E-state index in [4.69, 9.17) is 4.74 Å². The molecule has 1 rings (SSSR count). The predicted molar refractivity (Wildman–Crippen MR) is 69.2 cm³/mol. The Morgan fingerprint density at radius 1 is 1.35 bits per heavy atom. The first-order chi connectivity index (χ1) is 8.19. The van der Waals surface area contributed by atoms with Gasteiger partial charge in [-0.3, -0.25) is 5.43 Å². The van der Waals surface area contributed by atoms with Gasteiger partial charge in [0.05, 0.1) is 12.3 Å². The van der Waals surface area contributed by atoms with Crippen LogP contribution in [0.1, 0.15) is 26.3 Å². The van der Waals surface area contributed by atoms with E-state index in [1.165, 1.54) is 0 Å². The third-order valence-corrected chi connectivity index (χ3v) is 2.31. The first-order valence-electron chi connectivity index (χ1n) is 5.74. The Balaban J connectivity index is 2.71. The zero-order valence-electron chi connectivity index (χ0n) is 10.5. The highest BCUT2D eigenvalue weighted by Gasteiger charge is 2.06. The fourth-order valence-corrected chi connectivity index (χ4v) is 1.36. The number of esters is 1. The summed E-state index contributed by atoms with van der Waals surface area (Å²) in [7, 11) is 0. The molecule has 92 valence electrons. The van der Waals surface area contributed by atoms with Crippen molar-refractivity contribution in [2.75, 3.05) is 12.0 Å². The number of nitrogens with one attached hydrogen (secondary N) is 1. The molecule has 0 saturated heterocycles. The molecular weight excluding hydrogens is 216 g/mol. The highest BCUT2D eigenvalue weighted by Crippen LogP contribution is 2.15. The van der Waals surface area contributed by atoms with Crippen molar-refractivity contribution in [2.24, 2.45) is 5.10 Å². The molecule has 0 aromatic heterocycles. The van der Waals surface area contributed by atoms with Crippen LogP contribution in [-0.2, 0) is 16.0 Å². The lowest BCUT2D eigenvalue weighted by atomic mass is 10.1. The van der Waals surface area contributed by atoms with Crippen LogP contribution in [0.15, 0.2) is 29.4 Å². The van der Waals surface area contributed by atoms with Gasteiger partial charge >= 0.3 is 5.97 Å². The number of carbonyl (C=O) groups is 1. The second-order valence-electron chi connectivity index (χ2n) is 3.54. The maximum absolute atomic E-state index is 11.3. The van der Waals surface area contributed by atoms with Gasteiger partial charge in [-0.2, -0.15) is 5.10 Å². The lowest BCUT2D eigenvalue weighted by Gasteiger charge is -2.07. The number of ether oxygens (including phenoxy) is 1. The molecule has 0 heterocycles. The maximum atomic E-state index is 11.3. The number of nitrogens with zero attached hydrogens (tertiary/aromatic N) is 1. The van der Waals surface area contributed by atoms with E-state index in [0.717, 1.165) is 17.7 Å². The summed E-state index contributed by atoms with van der Waals surface area (Å²) < 4.78 is 4.84. The van der Waals surface area contributed by atoms with E-state index in [1.54, 1.807) is 13.8 Å². The lowest BCUT2D eigenvalue weighted by molar-refractivity contribution is -0.135. The average molecular weight is 234 g/mol. The van der Waals surface area contributed by atoms with E-state index in [9.17, 15) is 4.79 Å². The average Bonchev–Trinajstić information content (AvgIpc) is 2.36. The lowest BCUT2D eigenvalue weighted by Crippen LogP contribution is -2.15. The first kappa shape index (κ1) is 13.2. The molecule has 0 aliphatic rings. The Kier molecular flexibility index (Phi) is 5.20. The topological polar surface area (TPSA) is 50.7 Å². The van der Waals surface area contributed by atoms with Crippen molar-refractivity contribution in [1.82, 2.24) is 0 Å². The van der Waals surface area contributed by atoms with Crippen molar-refractivity contribution in [3.05, 3.63) is 29.8 Å². The molecule has 4 heteroatoms. The number of para-hydroxylation sites is 1. The molecule has 1 aromatic rings. The van der Waals surface area contributed by atoms with Crippen LogP contribution in [0.2, 0.25) is 0 Å². The molecule has 0 spiro atoms. The number of anilines is 1. The number of carbonyl (C=O) groups excluding carboxylic acids is 1. The van der Waals surface area contributed by atoms with Crippen molar-refractivity contribution >= 4 is 17.4 Å². The molecule has 0 aliphatic heterocycles. The zero-order valence-corrected chi connectivity index (χ0v) is 10.5. The van der Waals surface area contributed by atoms with Gasteiger partial charge in [0.2, 0.25) is 0 Å². The second-order valence-corrected chi connectivity index (χ2v) is 3.54. The number of hydrogen-bond donors (Lipinski definition) is 1. The van der Waals surface area contributed by atoms with E-state index < -0.39 is 5.97 Å². The second kappa shape index (κ2) is 6.68. The number of aryl methyl sites for hydroxylation is 1. The quantitative estimate of drug-likeness (QED) is 0.484. The minimum Gasteiger partial charge on any atom is -0.461 e. The zero-order chi connectivity index (χ0) is 12.7. The van der Waals surface area contributed by atoms with Gasteiger partial charge in [0.15, 0.2) is 0 Å². The van der Waals surface area contributed by atoms with Crippen LogP contribution >= 0.6 is 0 Å². The number of benzene rings is 1. The number of rotatable bonds is 5. The molecule has 0 amide bonds. The molecule has 0 saturated carbocycles. The SMILES string of the molecule is CCOC(=O)/C(C)=N/Nc1ccccc1CC. The van der Waals surface area contributed by atoms with E-state index >= 15 is 0 Å². The predicted octanol–water partition coefficient (Wildman–Crippen LogP) is 2.60. The van der Waals surface area contributed by atoms with Crippen LogP contribution in [0, 0.1) is 0 Å². The molecule has 1 N–H and O–H groups in total. The van der Waals surface area contributed by atoms with Crippen LogP contribution in [0.25, 0.3) is 0 Å². The molecule has 0 bridgehead atoms. The molecule has 17 heavy (non-hydrogen) atoms. The summed E-state index contributed by atoms with van der Waals surface area (Å²) in [6.45, 7) is 5.82. The Morgan fingerprint density at radius 2 is 2.06 bits per heavy atom. The van der Waals surface area contributed by atoms with Gasteiger partial charge in [-0.15, -0.1) is 0 Å². The monoisotopic (exact) mass is 234 g/mol. The van der Waals surface area contributed by atoms with Crippen molar-refractivity contribution in [3.63, 3.8) is 0 Å². The van der Waals surface area contributed by atoms with Crippen molar-refractivity contribution in [3.8, 4) is 0 Å². The maximum Gasteiger partial charge on any atom is 0.354 e. The standard InChI is InChI=1S/C13H18N2O2/c1-4-11-8-6-7-9-12(11)15-14-10(3)13(16)17-5-2/h6-9,15H,4-5H2,1-3H3/b14-10+. The fourth-order valence-electron chi connectivity index (χ4n) is 1.36. The van der Waals surface area contributed by atoms with Crippen LogP contribution in [0.4, 0.5) is 5.69 Å². The van der Waals surface area contributed by atoms with Gasteiger partial charge in [-0.25, -0.2) is 4.79 Å². The van der Waals surface area contributed by atoms with Gasteiger partial charge in [0.1, 0.15) is 5.71 Å². The Morgan fingerprint density at radius 3 is 2.71 bits per heavy atom. The minimum atomic E-state index is -0.394. The molecule has 0 fully saturated rings.